The van der Waals surface area contributed by atoms with Crippen LogP contribution in [0.25, 0.3) is 110 Å². The molecule has 0 unspecified atom stereocenters. The highest BCUT2D eigenvalue weighted by Crippen LogP contribution is 2.53. The van der Waals surface area contributed by atoms with Gasteiger partial charge in [0.05, 0.1) is 34.1 Å². The van der Waals surface area contributed by atoms with Gasteiger partial charge in [0.1, 0.15) is 11.3 Å². The molecule has 0 aliphatic carbocycles. The molecule has 0 saturated carbocycles. The molecular weight excluding hydrogens is 997 g/mol. The first-order valence-electron chi connectivity index (χ1n) is 28.1. The van der Waals surface area contributed by atoms with Gasteiger partial charge in [0.15, 0.2) is 5.58 Å². The summed E-state index contributed by atoms with van der Waals surface area (Å²) in [6.07, 6.45) is 0. The van der Waals surface area contributed by atoms with Crippen LogP contribution < -0.4 is 9.80 Å². The number of hydrogen-bond donors (Lipinski definition) is 1. The Hall–Kier alpha value is -10.7. The van der Waals surface area contributed by atoms with Crippen molar-refractivity contribution in [3.63, 3.8) is 0 Å². The van der Waals surface area contributed by atoms with Crippen LogP contribution in [0.15, 0.2) is 290 Å². The average molecular weight is 1050 g/mol. The maximum absolute atomic E-state index is 13.0. The SMILES string of the molecule is Cc1ccccc1-c1cccc(-c2cccc(N(c3ccccc3-c3ccccc3)c3ccc4ccc5c(N(c6ccccc6-c6ccccc6)c6cccc7c6oc6c(-c8ccccc8C)cccc67)ccc6ccc3c4c65)c2O)c1. The molecule has 0 aliphatic rings. The topological polar surface area (TPSA) is 39.9 Å². The smallest absolute Gasteiger partial charge is 0.159 e. The first kappa shape index (κ1) is 48.4. The second-order valence-electron chi connectivity index (χ2n) is 21.4. The average Bonchev–Trinajstić information content (AvgIpc) is 3.75. The summed E-state index contributed by atoms with van der Waals surface area (Å²) in [6, 6.07) is 101. The van der Waals surface area contributed by atoms with Gasteiger partial charge in [-0.05, 0) is 122 Å². The van der Waals surface area contributed by atoms with Crippen molar-refractivity contribution in [1.29, 1.82) is 0 Å². The number of aryl methyl sites for hydroxylation is 2. The monoisotopic (exact) mass is 1050 g/mol. The molecule has 15 aromatic rings. The Labute approximate surface area is 476 Å². The lowest BCUT2D eigenvalue weighted by Gasteiger charge is -2.31. The summed E-state index contributed by atoms with van der Waals surface area (Å²) in [5.74, 6) is 0.193. The van der Waals surface area contributed by atoms with Crippen molar-refractivity contribution >= 4 is 88.4 Å². The number of rotatable bonds is 11. The summed E-state index contributed by atoms with van der Waals surface area (Å²) >= 11 is 0. The molecule has 0 aliphatic heterocycles. The fourth-order valence-corrected chi connectivity index (χ4v) is 12.8. The van der Waals surface area contributed by atoms with Gasteiger partial charge in [-0.2, -0.15) is 0 Å². The zero-order valence-corrected chi connectivity index (χ0v) is 45.4. The molecule has 15 rings (SSSR count). The van der Waals surface area contributed by atoms with Crippen LogP contribution in [-0.2, 0) is 0 Å². The lowest BCUT2D eigenvalue weighted by Crippen LogP contribution is -2.13. The molecule has 1 heterocycles. The third-order valence-corrected chi connectivity index (χ3v) is 16.6. The molecule has 0 radical (unpaired) electrons. The number of benzene rings is 14. The summed E-state index contributed by atoms with van der Waals surface area (Å²) in [5, 5.41) is 21.8. The zero-order valence-electron chi connectivity index (χ0n) is 45.4. The van der Waals surface area contributed by atoms with Gasteiger partial charge in [-0.25, -0.2) is 0 Å². The number of nitrogens with zero attached hydrogens (tertiary/aromatic N) is 2. The van der Waals surface area contributed by atoms with Gasteiger partial charge in [0.25, 0.3) is 0 Å². The molecule has 82 heavy (non-hydrogen) atoms. The zero-order chi connectivity index (χ0) is 54.8. The number of fused-ring (bicyclic) bond motifs is 3. The molecule has 0 amide bonds. The molecule has 388 valence electrons. The molecule has 0 bridgehead atoms. The molecule has 0 atom stereocenters. The maximum atomic E-state index is 13.0. The van der Waals surface area contributed by atoms with Gasteiger partial charge < -0.3 is 19.3 Å². The molecule has 1 aromatic heterocycles. The van der Waals surface area contributed by atoms with Crippen molar-refractivity contribution in [3.05, 3.63) is 296 Å². The molecule has 4 heteroatoms. The van der Waals surface area contributed by atoms with E-state index in [9.17, 15) is 5.11 Å². The second-order valence-corrected chi connectivity index (χ2v) is 21.4. The molecular formula is C78H54N2O2. The Morgan fingerprint density at radius 1 is 0.268 bits per heavy atom. The van der Waals surface area contributed by atoms with Crippen LogP contribution in [0.4, 0.5) is 34.1 Å². The third kappa shape index (κ3) is 7.98. The number of para-hydroxylation sites is 5. The van der Waals surface area contributed by atoms with Crippen LogP contribution >= 0.6 is 0 Å². The standard InChI is InChI=1S/C78H54N2O2/c1-50-21-9-11-29-58(50)56-27-17-28-57(49-56)62-33-19-39-72(76(62)81)79(68-37-15-13-31-60(68)52-23-5-3-6-24-52)70-47-43-54-42-46-67-71(48-44-55-41-45-66(70)74(54)75(55)67)80(69-38-16-14-32-61(69)53-25-7-4-8-26-53)73-40-20-36-65-64-35-18-34-63(77(64)82-78(65)73)59-30-12-10-22-51(59)2/h3-49,81H,1-2H3. The van der Waals surface area contributed by atoms with E-state index in [4.69, 9.17) is 4.42 Å². The number of phenols is 1. The summed E-state index contributed by atoms with van der Waals surface area (Å²) in [5.41, 5.74) is 20.1. The number of furan rings is 1. The minimum Gasteiger partial charge on any atom is -0.505 e. The normalized spacial score (nSPS) is 11.6. The highest BCUT2D eigenvalue weighted by molar-refractivity contribution is 6.29. The van der Waals surface area contributed by atoms with Gasteiger partial charge >= 0.3 is 0 Å². The first-order valence-corrected chi connectivity index (χ1v) is 28.1. The van der Waals surface area contributed by atoms with Crippen LogP contribution in [0, 0.1) is 13.8 Å². The van der Waals surface area contributed by atoms with Crippen molar-refractivity contribution in [2.75, 3.05) is 9.80 Å². The van der Waals surface area contributed by atoms with E-state index < -0.39 is 0 Å². The van der Waals surface area contributed by atoms with Crippen molar-refractivity contribution in [1.82, 2.24) is 0 Å². The van der Waals surface area contributed by atoms with Gasteiger partial charge in [0, 0.05) is 43.8 Å². The summed E-state index contributed by atoms with van der Waals surface area (Å²) in [7, 11) is 0. The quantitative estimate of drug-likeness (QED) is 0.131. The van der Waals surface area contributed by atoms with Gasteiger partial charge in [0.2, 0.25) is 0 Å². The van der Waals surface area contributed by atoms with Crippen molar-refractivity contribution in [2.24, 2.45) is 0 Å². The molecule has 1 N–H and O–H groups in total. The van der Waals surface area contributed by atoms with E-state index >= 15 is 0 Å². The minimum absolute atomic E-state index is 0.193. The van der Waals surface area contributed by atoms with E-state index in [-0.39, 0.29) is 5.75 Å². The Balaban J connectivity index is 0.978. The number of aromatic hydroxyl groups is 1. The third-order valence-electron chi connectivity index (χ3n) is 16.6. The fraction of sp³-hybridized carbons (Fsp3) is 0.0256. The number of anilines is 6. The molecule has 0 spiro atoms. The van der Waals surface area contributed by atoms with Crippen LogP contribution in [0.2, 0.25) is 0 Å². The Morgan fingerprint density at radius 2 is 0.671 bits per heavy atom. The predicted molar refractivity (Wildman–Crippen MR) is 345 cm³/mol. The molecule has 0 saturated heterocycles. The van der Waals surface area contributed by atoms with E-state index in [0.717, 1.165) is 138 Å². The second kappa shape index (κ2) is 19.9. The van der Waals surface area contributed by atoms with Crippen LogP contribution in [0.5, 0.6) is 5.75 Å². The highest BCUT2D eigenvalue weighted by Gasteiger charge is 2.28. The van der Waals surface area contributed by atoms with Gasteiger partial charge in [-0.1, -0.05) is 243 Å². The lowest BCUT2D eigenvalue weighted by atomic mass is 9.91. The van der Waals surface area contributed by atoms with Crippen molar-refractivity contribution in [3.8, 4) is 61.4 Å². The van der Waals surface area contributed by atoms with Gasteiger partial charge in [-0.15, -0.1) is 0 Å². The van der Waals surface area contributed by atoms with Crippen LogP contribution in [0.1, 0.15) is 11.1 Å². The molecule has 0 fully saturated rings. The number of hydrogen-bond acceptors (Lipinski definition) is 4. The van der Waals surface area contributed by atoms with Crippen LogP contribution in [0.3, 0.4) is 0 Å². The fourth-order valence-electron chi connectivity index (χ4n) is 12.8. The van der Waals surface area contributed by atoms with Crippen molar-refractivity contribution < 1.29 is 9.52 Å². The summed E-state index contributed by atoms with van der Waals surface area (Å²) in [4.78, 5) is 4.70. The van der Waals surface area contributed by atoms with Crippen LogP contribution in [-0.4, -0.2) is 5.11 Å². The maximum Gasteiger partial charge on any atom is 0.159 e. The lowest BCUT2D eigenvalue weighted by molar-refractivity contribution is 0.478. The van der Waals surface area contributed by atoms with E-state index in [2.05, 4.69) is 297 Å². The Morgan fingerprint density at radius 3 is 1.27 bits per heavy atom. The first-order chi connectivity index (χ1) is 40.5. The summed E-state index contributed by atoms with van der Waals surface area (Å²) < 4.78 is 7.30. The van der Waals surface area contributed by atoms with E-state index in [1.165, 1.54) is 11.1 Å². The van der Waals surface area contributed by atoms with Gasteiger partial charge in [-0.3, -0.25) is 0 Å². The van der Waals surface area contributed by atoms with E-state index in [0.29, 0.717) is 5.69 Å². The Bertz CT molecular complexity index is 4920. The number of phenolic OH excluding ortho intramolecular Hbond substituents is 1. The minimum atomic E-state index is 0.193. The predicted octanol–water partition coefficient (Wildman–Crippen LogP) is 22.1. The van der Waals surface area contributed by atoms with E-state index in [1.807, 2.05) is 12.1 Å². The van der Waals surface area contributed by atoms with E-state index in [1.54, 1.807) is 0 Å². The largest absolute Gasteiger partial charge is 0.505 e. The summed E-state index contributed by atoms with van der Waals surface area (Å²) in [6.45, 7) is 4.31. The van der Waals surface area contributed by atoms with Crippen molar-refractivity contribution in [2.45, 2.75) is 13.8 Å². The Kier molecular flexibility index (Phi) is 11.8. The molecule has 14 aromatic carbocycles. The molecule has 4 nitrogen and oxygen atoms in total. The highest BCUT2D eigenvalue weighted by atomic mass is 16.3.